The molecule has 2 fully saturated rings. The van der Waals surface area contributed by atoms with Crippen LogP contribution in [-0.2, 0) is 9.59 Å². The lowest BCUT2D eigenvalue weighted by atomic mass is 9.99. The summed E-state index contributed by atoms with van der Waals surface area (Å²) in [6.07, 6.45) is 3.26. The molecule has 4 nitrogen and oxygen atoms in total. The van der Waals surface area contributed by atoms with Crippen LogP contribution >= 0.6 is 0 Å². The molecule has 1 heterocycles. The van der Waals surface area contributed by atoms with Crippen molar-refractivity contribution in [2.24, 2.45) is 5.92 Å². The Labute approximate surface area is 82.9 Å². The lowest BCUT2D eigenvalue weighted by molar-refractivity contribution is -0.155. The normalized spacial score (nSPS) is 31.9. The fourth-order valence-electron chi connectivity index (χ4n) is 2.09. The minimum Gasteiger partial charge on any atom is -0.480 e. The number of likely N-dealkylation sites (tertiary alicyclic amines) is 1. The highest BCUT2D eigenvalue weighted by Gasteiger charge is 2.48. The predicted octanol–water partition coefficient (Wildman–Crippen LogP) is 0.862. The number of hydrogen-bond acceptors (Lipinski definition) is 2. The Balaban J connectivity index is 2.17. The zero-order chi connectivity index (χ0) is 10.3. The average Bonchev–Trinajstić information content (AvgIpc) is 2.89. The third-order valence-electron chi connectivity index (χ3n) is 3.29. The predicted molar refractivity (Wildman–Crippen MR) is 49.7 cm³/mol. The van der Waals surface area contributed by atoms with Crippen LogP contribution in [0.3, 0.4) is 0 Å². The Morgan fingerprint density at radius 1 is 1.43 bits per heavy atom. The minimum atomic E-state index is -0.945. The first kappa shape index (κ1) is 9.49. The molecule has 14 heavy (non-hydrogen) atoms. The summed E-state index contributed by atoms with van der Waals surface area (Å²) >= 11 is 0. The van der Waals surface area contributed by atoms with Crippen LogP contribution in [0.25, 0.3) is 0 Å². The van der Waals surface area contributed by atoms with Crippen molar-refractivity contribution in [1.82, 2.24) is 4.90 Å². The molecule has 0 radical (unpaired) electrons. The van der Waals surface area contributed by atoms with Gasteiger partial charge in [0.1, 0.15) is 5.54 Å². The summed E-state index contributed by atoms with van der Waals surface area (Å²) in [5.41, 5.74) is -0.945. The maximum Gasteiger partial charge on any atom is 0.329 e. The first-order valence-corrected chi connectivity index (χ1v) is 5.10. The second kappa shape index (κ2) is 2.97. The highest BCUT2D eigenvalue weighted by atomic mass is 16.4. The van der Waals surface area contributed by atoms with E-state index in [1.165, 1.54) is 0 Å². The molecule has 0 aromatic rings. The van der Waals surface area contributed by atoms with Crippen molar-refractivity contribution in [1.29, 1.82) is 0 Å². The lowest BCUT2D eigenvalue weighted by Crippen LogP contribution is -2.51. The maximum absolute atomic E-state index is 11.8. The molecule has 1 saturated heterocycles. The molecule has 1 N–H and O–H groups in total. The van der Waals surface area contributed by atoms with Gasteiger partial charge in [-0.25, -0.2) is 4.79 Å². The van der Waals surface area contributed by atoms with Gasteiger partial charge in [0.2, 0.25) is 5.91 Å². The Bertz CT molecular complexity index is 285. The van der Waals surface area contributed by atoms with E-state index in [2.05, 4.69) is 0 Å². The number of carboxylic acid groups (broad SMARTS) is 1. The van der Waals surface area contributed by atoms with Gasteiger partial charge in [0.15, 0.2) is 0 Å². The molecule has 2 rings (SSSR count). The fraction of sp³-hybridized carbons (Fsp3) is 0.800. The number of carbonyl (C=O) groups is 2. The molecule has 1 saturated carbocycles. The van der Waals surface area contributed by atoms with Crippen LogP contribution < -0.4 is 0 Å². The number of nitrogens with zero attached hydrogens (tertiary/aromatic N) is 1. The SMILES string of the molecule is CC1(C(=O)O)CCCN1C(=O)C1CC1. The molecular formula is C10H15NO3. The highest BCUT2D eigenvalue weighted by molar-refractivity contribution is 5.89. The molecule has 4 heteroatoms. The van der Waals surface area contributed by atoms with Crippen LogP contribution in [0.1, 0.15) is 32.6 Å². The summed E-state index contributed by atoms with van der Waals surface area (Å²) in [6.45, 7) is 2.26. The Hall–Kier alpha value is -1.06. The quantitative estimate of drug-likeness (QED) is 0.714. The molecule has 0 bridgehead atoms. The van der Waals surface area contributed by atoms with Crippen LogP contribution in [0.15, 0.2) is 0 Å². The van der Waals surface area contributed by atoms with Crippen LogP contribution in [0, 0.1) is 5.92 Å². The molecule has 0 aromatic carbocycles. The van der Waals surface area contributed by atoms with Crippen molar-refractivity contribution in [3.63, 3.8) is 0 Å². The molecule has 1 unspecified atom stereocenters. The Morgan fingerprint density at radius 3 is 2.57 bits per heavy atom. The van der Waals surface area contributed by atoms with Gasteiger partial charge < -0.3 is 10.0 Å². The van der Waals surface area contributed by atoms with Crippen molar-refractivity contribution >= 4 is 11.9 Å². The third-order valence-corrected chi connectivity index (χ3v) is 3.29. The van der Waals surface area contributed by atoms with Crippen LogP contribution in [0.5, 0.6) is 0 Å². The average molecular weight is 197 g/mol. The van der Waals surface area contributed by atoms with Crippen molar-refractivity contribution in [3.05, 3.63) is 0 Å². The van der Waals surface area contributed by atoms with E-state index in [9.17, 15) is 9.59 Å². The topological polar surface area (TPSA) is 57.6 Å². The molecule has 1 aliphatic heterocycles. The first-order valence-electron chi connectivity index (χ1n) is 5.10. The molecule has 0 aromatic heterocycles. The summed E-state index contributed by atoms with van der Waals surface area (Å²) in [4.78, 5) is 24.4. The molecule has 1 amide bonds. The van der Waals surface area contributed by atoms with E-state index >= 15 is 0 Å². The van der Waals surface area contributed by atoms with Gasteiger partial charge in [-0.3, -0.25) is 4.79 Å². The number of carboxylic acids is 1. The van der Waals surface area contributed by atoms with E-state index in [0.29, 0.717) is 13.0 Å². The Morgan fingerprint density at radius 2 is 2.07 bits per heavy atom. The fourth-order valence-corrected chi connectivity index (χ4v) is 2.09. The van der Waals surface area contributed by atoms with Crippen molar-refractivity contribution in [2.45, 2.75) is 38.1 Å². The molecule has 0 spiro atoms. The lowest BCUT2D eigenvalue weighted by Gasteiger charge is -2.31. The minimum absolute atomic E-state index is 0.0485. The van der Waals surface area contributed by atoms with Gasteiger partial charge in [0, 0.05) is 12.5 Å². The second-order valence-corrected chi connectivity index (χ2v) is 4.45. The largest absolute Gasteiger partial charge is 0.480 e. The molecule has 1 atom stereocenters. The molecule has 2 aliphatic rings. The van der Waals surface area contributed by atoms with Crippen molar-refractivity contribution < 1.29 is 14.7 Å². The smallest absolute Gasteiger partial charge is 0.329 e. The van der Waals surface area contributed by atoms with Crippen LogP contribution in [-0.4, -0.2) is 34.0 Å². The van der Waals surface area contributed by atoms with Gasteiger partial charge >= 0.3 is 5.97 Å². The third kappa shape index (κ3) is 1.29. The van der Waals surface area contributed by atoms with Gasteiger partial charge in [0.05, 0.1) is 0 Å². The molecule has 78 valence electrons. The van der Waals surface area contributed by atoms with Crippen LogP contribution in [0.2, 0.25) is 0 Å². The second-order valence-electron chi connectivity index (χ2n) is 4.45. The van der Waals surface area contributed by atoms with E-state index in [1.54, 1.807) is 11.8 Å². The van der Waals surface area contributed by atoms with E-state index in [4.69, 9.17) is 5.11 Å². The van der Waals surface area contributed by atoms with Gasteiger partial charge in [-0.15, -0.1) is 0 Å². The maximum atomic E-state index is 11.8. The monoisotopic (exact) mass is 197 g/mol. The number of aliphatic carboxylic acids is 1. The number of hydrogen-bond donors (Lipinski definition) is 1. The van der Waals surface area contributed by atoms with Gasteiger partial charge in [-0.1, -0.05) is 0 Å². The summed E-state index contributed by atoms with van der Waals surface area (Å²) in [5.74, 6) is -0.705. The number of carbonyl (C=O) groups excluding carboxylic acids is 1. The summed E-state index contributed by atoms with van der Waals surface area (Å²) in [6, 6.07) is 0. The van der Waals surface area contributed by atoms with Crippen molar-refractivity contribution in [3.8, 4) is 0 Å². The van der Waals surface area contributed by atoms with E-state index in [-0.39, 0.29) is 11.8 Å². The summed E-state index contributed by atoms with van der Waals surface area (Å²) < 4.78 is 0. The molecule has 1 aliphatic carbocycles. The zero-order valence-corrected chi connectivity index (χ0v) is 8.32. The summed E-state index contributed by atoms with van der Waals surface area (Å²) in [7, 11) is 0. The van der Waals surface area contributed by atoms with Gasteiger partial charge in [0.25, 0.3) is 0 Å². The zero-order valence-electron chi connectivity index (χ0n) is 8.32. The van der Waals surface area contributed by atoms with Gasteiger partial charge in [-0.2, -0.15) is 0 Å². The molecular weight excluding hydrogens is 182 g/mol. The highest BCUT2D eigenvalue weighted by Crippen LogP contribution is 2.37. The van der Waals surface area contributed by atoms with E-state index in [0.717, 1.165) is 19.3 Å². The number of rotatable bonds is 2. The summed E-state index contributed by atoms with van der Waals surface area (Å²) in [5, 5.41) is 9.10. The Kier molecular flexibility index (Phi) is 2.01. The number of amides is 1. The van der Waals surface area contributed by atoms with Gasteiger partial charge in [-0.05, 0) is 32.6 Å². The first-order chi connectivity index (χ1) is 6.55. The standard InChI is InChI=1S/C10H15NO3/c1-10(9(13)14)5-2-6-11(10)8(12)7-3-4-7/h7H,2-6H2,1H3,(H,13,14). The van der Waals surface area contributed by atoms with E-state index < -0.39 is 11.5 Å². The van der Waals surface area contributed by atoms with Crippen LogP contribution in [0.4, 0.5) is 0 Å². The van der Waals surface area contributed by atoms with E-state index in [1.807, 2.05) is 0 Å². The van der Waals surface area contributed by atoms with Crippen molar-refractivity contribution in [2.75, 3.05) is 6.54 Å².